The van der Waals surface area contributed by atoms with Gasteiger partial charge in [0.25, 0.3) is 4.58 Å². The molecule has 0 saturated heterocycles. The molecule has 0 heterocycles. The van der Waals surface area contributed by atoms with Crippen molar-refractivity contribution in [1.29, 1.82) is 0 Å². The van der Waals surface area contributed by atoms with Gasteiger partial charge >= 0.3 is 5.97 Å². The number of halogens is 1. The van der Waals surface area contributed by atoms with E-state index in [0.29, 0.717) is 6.26 Å². The lowest BCUT2D eigenvalue weighted by Crippen LogP contribution is -2.38. The number of benzene rings is 1. The Labute approximate surface area is 116 Å². The summed E-state index contributed by atoms with van der Waals surface area (Å²) in [5, 5.41) is 0.285. The highest BCUT2D eigenvalue weighted by molar-refractivity contribution is 8.09. The third-order valence-corrected chi connectivity index (χ3v) is 6.92. The van der Waals surface area contributed by atoms with Crippen LogP contribution < -0.4 is 0 Å². The number of ether oxygens (including phenoxy) is 1. The summed E-state index contributed by atoms with van der Waals surface area (Å²) >= 11 is 5.62. The van der Waals surface area contributed by atoms with Gasteiger partial charge in [-0.2, -0.15) is 0 Å². The van der Waals surface area contributed by atoms with Gasteiger partial charge in [-0.1, -0.05) is 11.6 Å². The Kier molecular flexibility index (Phi) is 4.59. The first-order valence-electron chi connectivity index (χ1n) is 4.87. The van der Waals surface area contributed by atoms with Gasteiger partial charge < -0.3 is 4.74 Å². The predicted octanol–water partition coefficient (Wildman–Crippen LogP) is 0.657. The first-order valence-corrected chi connectivity index (χ1v) is 8.74. The SMILES string of the molecule is COC(=O)C(S(C)(=O)=O)S(=O)(=O)c1ccc(Cl)cc1. The minimum absolute atomic E-state index is 0.285. The number of carbonyl (C=O) groups excluding carboxylic acids is 1. The zero-order valence-corrected chi connectivity index (χ0v) is 12.4. The molecule has 0 saturated carbocycles. The fourth-order valence-electron chi connectivity index (χ4n) is 1.38. The van der Waals surface area contributed by atoms with Crippen LogP contribution in [0.4, 0.5) is 0 Å². The molecule has 19 heavy (non-hydrogen) atoms. The zero-order chi connectivity index (χ0) is 14.8. The largest absolute Gasteiger partial charge is 0.467 e. The van der Waals surface area contributed by atoms with Crippen LogP contribution in [0.1, 0.15) is 0 Å². The summed E-state index contributed by atoms with van der Waals surface area (Å²) in [7, 11) is -7.68. The molecule has 0 N–H and O–H groups in total. The number of hydrogen-bond donors (Lipinski definition) is 0. The quantitative estimate of drug-likeness (QED) is 0.754. The summed E-state index contributed by atoms with van der Waals surface area (Å²) in [6.07, 6.45) is 0.655. The van der Waals surface area contributed by atoms with Gasteiger partial charge in [0.2, 0.25) is 9.84 Å². The van der Waals surface area contributed by atoms with Crippen LogP contribution in [0.2, 0.25) is 5.02 Å². The monoisotopic (exact) mass is 326 g/mol. The summed E-state index contributed by atoms with van der Waals surface area (Å²) in [6.45, 7) is 0. The molecule has 0 radical (unpaired) electrons. The topological polar surface area (TPSA) is 94.6 Å². The van der Waals surface area contributed by atoms with Crippen LogP contribution in [0.25, 0.3) is 0 Å². The molecule has 0 amide bonds. The standard InChI is InChI=1S/C10H11ClO6S2/c1-17-9(12)10(18(2,13)14)19(15,16)8-5-3-7(11)4-6-8/h3-6,10H,1-2H3. The molecule has 9 heteroatoms. The summed E-state index contributed by atoms with van der Waals surface area (Å²) in [4.78, 5) is 11.1. The minimum Gasteiger partial charge on any atom is -0.467 e. The van der Waals surface area contributed by atoms with E-state index < -0.39 is 30.2 Å². The van der Waals surface area contributed by atoms with Crippen LogP contribution in [0.3, 0.4) is 0 Å². The van der Waals surface area contributed by atoms with E-state index in [2.05, 4.69) is 4.74 Å². The molecule has 1 atom stereocenters. The van der Waals surface area contributed by atoms with E-state index in [4.69, 9.17) is 11.6 Å². The van der Waals surface area contributed by atoms with Crippen LogP contribution in [0.5, 0.6) is 0 Å². The van der Waals surface area contributed by atoms with Crippen LogP contribution >= 0.6 is 11.6 Å². The van der Waals surface area contributed by atoms with Crippen molar-refractivity contribution >= 4 is 37.2 Å². The average Bonchev–Trinajstić information content (AvgIpc) is 2.27. The van der Waals surface area contributed by atoms with E-state index >= 15 is 0 Å². The van der Waals surface area contributed by atoms with Gasteiger partial charge in [-0.15, -0.1) is 0 Å². The highest BCUT2D eigenvalue weighted by Gasteiger charge is 2.43. The lowest BCUT2D eigenvalue weighted by Gasteiger charge is -2.13. The Morgan fingerprint density at radius 1 is 1.16 bits per heavy atom. The van der Waals surface area contributed by atoms with Crippen molar-refractivity contribution in [2.75, 3.05) is 13.4 Å². The van der Waals surface area contributed by atoms with Crippen molar-refractivity contribution < 1.29 is 26.4 Å². The number of esters is 1. The number of sulfone groups is 2. The van der Waals surface area contributed by atoms with E-state index in [1.165, 1.54) is 12.1 Å². The molecule has 1 aromatic carbocycles. The van der Waals surface area contributed by atoms with E-state index in [0.717, 1.165) is 19.2 Å². The second-order valence-corrected chi connectivity index (χ2v) is 8.58. The van der Waals surface area contributed by atoms with Gasteiger partial charge in [-0.05, 0) is 24.3 Å². The number of carbonyl (C=O) groups is 1. The number of hydrogen-bond acceptors (Lipinski definition) is 6. The van der Waals surface area contributed by atoms with E-state index in [1.807, 2.05) is 0 Å². The van der Waals surface area contributed by atoms with E-state index in [9.17, 15) is 21.6 Å². The third kappa shape index (κ3) is 3.46. The van der Waals surface area contributed by atoms with E-state index in [-0.39, 0.29) is 9.92 Å². The van der Waals surface area contributed by atoms with Crippen molar-refractivity contribution in [3.63, 3.8) is 0 Å². The summed E-state index contributed by atoms with van der Waals surface area (Å²) in [5.74, 6) is -1.35. The van der Waals surface area contributed by atoms with Gasteiger partial charge in [0.15, 0.2) is 9.84 Å². The summed E-state index contributed by atoms with van der Waals surface area (Å²) in [5.41, 5.74) is 0. The predicted molar refractivity (Wildman–Crippen MR) is 69.3 cm³/mol. The van der Waals surface area contributed by atoms with E-state index in [1.54, 1.807) is 0 Å². The molecule has 1 aromatic rings. The van der Waals surface area contributed by atoms with Crippen molar-refractivity contribution in [2.24, 2.45) is 0 Å². The van der Waals surface area contributed by atoms with Gasteiger partial charge in [-0.3, -0.25) is 0 Å². The first-order chi connectivity index (χ1) is 8.60. The average molecular weight is 327 g/mol. The highest BCUT2D eigenvalue weighted by atomic mass is 35.5. The van der Waals surface area contributed by atoms with Crippen molar-refractivity contribution in [2.45, 2.75) is 9.48 Å². The highest BCUT2D eigenvalue weighted by Crippen LogP contribution is 2.22. The Morgan fingerprint density at radius 2 is 1.63 bits per heavy atom. The molecule has 106 valence electrons. The molecule has 0 aliphatic heterocycles. The minimum atomic E-state index is -4.41. The molecular formula is C10H11ClO6S2. The Morgan fingerprint density at radius 3 is 2.00 bits per heavy atom. The Bertz CT molecular complexity index is 675. The normalized spacial score (nSPS) is 13.8. The maximum absolute atomic E-state index is 12.2. The summed E-state index contributed by atoms with van der Waals surface area (Å²) < 4.78 is 49.3. The number of rotatable bonds is 4. The van der Waals surface area contributed by atoms with Gasteiger partial charge in [0.1, 0.15) is 0 Å². The van der Waals surface area contributed by atoms with Crippen LogP contribution in [-0.2, 0) is 29.2 Å². The Balaban J connectivity index is 3.45. The van der Waals surface area contributed by atoms with Crippen LogP contribution in [-0.4, -0.2) is 40.8 Å². The van der Waals surface area contributed by atoms with Gasteiger partial charge in [0.05, 0.1) is 12.0 Å². The fraction of sp³-hybridized carbons (Fsp3) is 0.300. The zero-order valence-electron chi connectivity index (χ0n) is 10.0. The fourth-order valence-corrected chi connectivity index (χ4v) is 5.23. The summed E-state index contributed by atoms with van der Waals surface area (Å²) in [6, 6.07) is 4.81. The molecule has 0 spiro atoms. The van der Waals surface area contributed by atoms with Gasteiger partial charge in [-0.25, -0.2) is 21.6 Å². The van der Waals surface area contributed by atoms with Crippen LogP contribution in [0.15, 0.2) is 29.2 Å². The molecule has 1 unspecified atom stereocenters. The molecule has 0 aliphatic carbocycles. The van der Waals surface area contributed by atoms with Crippen molar-refractivity contribution in [3.8, 4) is 0 Å². The molecule has 1 rings (SSSR count). The molecule has 0 bridgehead atoms. The molecule has 6 nitrogen and oxygen atoms in total. The van der Waals surface area contributed by atoms with Crippen LogP contribution in [0, 0.1) is 0 Å². The van der Waals surface area contributed by atoms with Crippen molar-refractivity contribution in [1.82, 2.24) is 0 Å². The second-order valence-electron chi connectivity index (χ2n) is 3.68. The molecule has 0 aromatic heterocycles. The molecular weight excluding hydrogens is 316 g/mol. The second kappa shape index (κ2) is 5.48. The third-order valence-electron chi connectivity index (χ3n) is 2.21. The lowest BCUT2D eigenvalue weighted by atomic mass is 10.4. The lowest BCUT2D eigenvalue weighted by molar-refractivity contribution is -0.138. The van der Waals surface area contributed by atoms with Crippen molar-refractivity contribution in [3.05, 3.63) is 29.3 Å². The molecule has 0 aliphatic rings. The van der Waals surface area contributed by atoms with Gasteiger partial charge in [0, 0.05) is 11.3 Å². The first kappa shape index (κ1) is 15.9. The molecule has 0 fully saturated rings. The Hall–Kier alpha value is -1.12. The smallest absolute Gasteiger partial charge is 0.340 e. The number of methoxy groups -OCH3 is 1. The maximum atomic E-state index is 12.2. The maximum Gasteiger partial charge on any atom is 0.340 e.